The first-order valence-corrected chi connectivity index (χ1v) is 29.5. The third-order valence-electron chi connectivity index (χ3n) is 10.8. The summed E-state index contributed by atoms with van der Waals surface area (Å²) in [7, 11) is -1.23. The highest BCUT2D eigenvalue weighted by Gasteiger charge is 2.28. The number of phenols is 3. The zero-order valence-electron chi connectivity index (χ0n) is 47.8. The molecule has 0 saturated heterocycles. The summed E-state index contributed by atoms with van der Waals surface area (Å²) >= 11 is 33.6. The number of hydrogen-bond acceptors (Lipinski definition) is 17. The SMILES string of the molecule is COc1ccc(Cl)c(F)c1.COc1ccc(Cl)c(F)c1B(O)O.Cc1cc(-c2c(O)ccc(Cl)c2F)c2scc(C(=O)OC(C)(C)C)c2n1.Cc1cc(Br)c2scc(C(=O)OC(C)(C)C)c2n1.OB(O)c1c(O)ccc(Cl)c1F.Oc1ccc(Cl)c(F)c1. The van der Waals surface area contributed by atoms with Gasteiger partial charge in [-0.05, 0) is 144 Å². The van der Waals surface area contributed by atoms with Crippen LogP contribution in [0, 0.1) is 42.9 Å². The van der Waals surface area contributed by atoms with Gasteiger partial charge in [0.25, 0.3) is 0 Å². The number of ether oxygens (including phenoxy) is 4. The van der Waals surface area contributed by atoms with Crippen molar-refractivity contribution < 1.29 is 85.9 Å². The molecule has 0 atom stereocenters. The van der Waals surface area contributed by atoms with E-state index in [9.17, 15) is 36.6 Å². The minimum absolute atomic E-state index is 0.00871. The monoisotopic (exact) mass is 1420 g/mol. The summed E-state index contributed by atoms with van der Waals surface area (Å²) in [5, 5.41) is 65.7. The van der Waals surface area contributed by atoms with E-state index in [-0.39, 0.29) is 59.4 Å². The standard InChI is InChI=1S/C19H17ClFNO3S.C13H14BrNO2S.C7H7BClFO3.C7H6ClFO.C6H5BClFO3.C6H4ClFO/c1-9-7-10(14-13(23)6-5-12(20)15(14)21)17-16(22-9)11(8-26-17)18(24)25-19(2,3)4;1-7-5-9(14)11-10(15-7)8(6-18-11)12(16)17-13(2,3)4;1-13-5-3-2-4(9)7(10)6(5)8(11)12;1-10-5-2-3-6(8)7(9)4-5;8-3-1-2-4(10)5(6(3)9)7(11)12;7-5-2-1-4(9)3-6(5)8/h5-8,23H,1-4H3;5-6H,1-4H3;2-3,11-12H,1H3;2-4H,1H3;1-2,10-12H;1-3,9H. The van der Waals surface area contributed by atoms with Crippen molar-refractivity contribution in [2.24, 2.45) is 0 Å². The van der Waals surface area contributed by atoms with Crippen LogP contribution in [-0.4, -0.2) is 97.0 Å². The number of halogens is 11. The first kappa shape index (κ1) is 74.3. The van der Waals surface area contributed by atoms with E-state index in [0.29, 0.717) is 43.9 Å². The highest BCUT2D eigenvalue weighted by atomic mass is 79.9. The van der Waals surface area contributed by atoms with E-state index in [1.165, 1.54) is 85.4 Å². The fourth-order valence-corrected chi connectivity index (χ4v) is 10.4. The highest BCUT2D eigenvalue weighted by molar-refractivity contribution is 9.10. The molecule has 30 heteroatoms. The Kier molecular flexibility index (Phi) is 27.4. The molecule has 15 nitrogen and oxygen atoms in total. The number of aryl methyl sites for hydroxylation is 2. The van der Waals surface area contributed by atoms with Gasteiger partial charge in [-0.25, -0.2) is 31.5 Å². The number of carbonyl (C=O) groups is 2. The summed E-state index contributed by atoms with van der Waals surface area (Å²) in [6.45, 7) is 14.5. The Balaban J connectivity index is 0.000000236. The van der Waals surface area contributed by atoms with Crippen LogP contribution in [0.2, 0.25) is 25.1 Å². The van der Waals surface area contributed by atoms with Gasteiger partial charge in [-0.3, -0.25) is 9.97 Å². The van der Waals surface area contributed by atoms with Crippen molar-refractivity contribution in [2.45, 2.75) is 66.6 Å². The molecule has 0 spiro atoms. The van der Waals surface area contributed by atoms with Crippen LogP contribution in [0.3, 0.4) is 0 Å². The van der Waals surface area contributed by atoms with Crippen LogP contribution in [0.1, 0.15) is 73.6 Å². The molecule has 9 aromatic rings. The molecule has 0 saturated carbocycles. The second-order valence-corrected chi connectivity index (χ2v) is 24.5. The lowest BCUT2D eigenvalue weighted by Gasteiger charge is -2.19. The lowest BCUT2D eigenvalue weighted by atomic mass is 9.79. The Morgan fingerprint density at radius 3 is 1.43 bits per heavy atom. The summed E-state index contributed by atoms with van der Waals surface area (Å²) in [6.07, 6.45) is 0. The van der Waals surface area contributed by atoms with Crippen molar-refractivity contribution in [2.75, 3.05) is 14.2 Å². The molecule has 0 unspecified atom stereocenters. The van der Waals surface area contributed by atoms with Crippen LogP contribution in [0.4, 0.5) is 22.0 Å². The maximum Gasteiger partial charge on any atom is 0.495 e. The number of phenolic OH excluding ortho intramolecular Hbond substituents is 3. The zero-order chi connectivity index (χ0) is 66.4. The lowest BCUT2D eigenvalue weighted by molar-refractivity contribution is 0.00595. The van der Waals surface area contributed by atoms with E-state index >= 15 is 0 Å². The van der Waals surface area contributed by atoms with Gasteiger partial charge in [-0.1, -0.05) is 58.0 Å². The van der Waals surface area contributed by atoms with E-state index < -0.39 is 71.7 Å². The molecule has 9 rings (SSSR count). The van der Waals surface area contributed by atoms with Gasteiger partial charge in [0.05, 0.1) is 87.4 Å². The van der Waals surface area contributed by atoms with Gasteiger partial charge in [0.2, 0.25) is 0 Å². The number of benzene rings is 5. The topological polar surface area (TPSA) is 238 Å². The van der Waals surface area contributed by atoms with Crippen LogP contribution in [0.15, 0.2) is 100 Å². The molecule has 468 valence electrons. The van der Waals surface area contributed by atoms with Gasteiger partial charge in [0.15, 0.2) is 5.82 Å². The summed E-state index contributed by atoms with van der Waals surface area (Å²) in [5.74, 6) is -4.85. The van der Waals surface area contributed by atoms with Gasteiger partial charge in [-0.15, -0.1) is 22.7 Å². The molecule has 7 N–H and O–H groups in total. The first-order chi connectivity index (χ1) is 40.9. The maximum atomic E-state index is 14.6. The second-order valence-electron chi connectivity index (χ2n) is 19.9. The number of pyridine rings is 2. The van der Waals surface area contributed by atoms with E-state index in [4.69, 9.17) is 107 Å². The Morgan fingerprint density at radius 1 is 0.545 bits per heavy atom. The molecule has 4 aromatic heterocycles. The number of fused-ring (bicyclic) bond motifs is 2. The Labute approximate surface area is 543 Å². The van der Waals surface area contributed by atoms with Crippen molar-refractivity contribution in [3.63, 3.8) is 0 Å². The minimum Gasteiger partial charge on any atom is -0.508 e. The molecule has 4 heterocycles. The zero-order valence-corrected chi connectivity index (χ0v) is 54.8. The number of nitrogens with zero attached hydrogens (tertiary/aromatic N) is 2. The quantitative estimate of drug-likeness (QED) is 0.0446. The third kappa shape index (κ3) is 20.7. The number of carbonyl (C=O) groups excluding carboxylic acids is 2. The normalized spacial score (nSPS) is 10.8. The molecule has 0 aliphatic heterocycles. The molecule has 0 fully saturated rings. The van der Waals surface area contributed by atoms with Gasteiger partial charge >= 0.3 is 26.2 Å². The van der Waals surface area contributed by atoms with Crippen molar-refractivity contribution in [3.8, 4) is 39.9 Å². The Hall–Kier alpha value is -6.19. The minimum atomic E-state index is -2.07. The Morgan fingerprint density at radius 2 is 0.977 bits per heavy atom. The van der Waals surface area contributed by atoms with E-state index in [0.717, 1.165) is 33.1 Å². The molecular formula is C58H53B2BrCl5F5N2O13S2. The molecular weight excluding hydrogens is 1370 g/mol. The molecule has 0 bridgehead atoms. The Bertz CT molecular complexity index is 3950. The summed E-state index contributed by atoms with van der Waals surface area (Å²) in [4.78, 5) is 33.4. The fourth-order valence-electron chi connectivity index (χ4n) is 7.02. The molecule has 88 heavy (non-hydrogen) atoms. The summed E-state index contributed by atoms with van der Waals surface area (Å²) < 4.78 is 88.3. The number of rotatable bonds is 7. The molecule has 0 radical (unpaired) electrons. The van der Waals surface area contributed by atoms with E-state index in [2.05, 4.69) is 25.9 Å². The lowest BCUT2D eigenvalue weighted by Crippen LogP contribution is -2.34. The van der Waals surface area contributed by atoms with Gasteiger partial charge in [0, 0.05) is 44.3 Å². The number of hydrogen-bond donors (Lipinski definition) is 7. The fraction of sp³-hybridized carbons (Fsp3) is 0.207. The first-order valence-electron chi connectivity index (χ1n) is 25.0. The van der Waals surface area contributed by atoms with Crippen LogP contribution >= 0.6 is 96.6 Å². The van der Waals surface area contributed by atoms with Gasteiger partial charge in [-0.2, -0.15) is 0 Å². The molecule has 5 aromatic carbocycles. The average molecular weight is 1420 g/mol. The third-order valence-corrected chi connectivity index (χ3v) is 15.2. The van der Waals surface area contributed by atoms with Crippen molar-refractivity contribution in [3.05, 3.63) is 177 Å². The van der Waals surface area contributed by atoms with E-state index in [1.54, 1.807) is 50.6 Å². The summed E-state index contributed by atoms with van der Waals surface area (Å²) in [5.41, 5.74) is 1.75. The number of methoxy groups -OCH3 is 2. The predicted molar refractivity (Wildman–Crippen MR) is 341 cm³/mol. The van der Waals surface area contributed by atoms with Crippen molar-refractivity contribution in [1.82, 2.24) is 9.97 Å². The predicted octanol–water partition coefficient (Wildman–Crippen LogP) is 14.8. The molecule has 0 amide bonds. The molecule has 0 aliphatic carbocycles. The smallest absolute Gasteiger partial charge is 0.495 e. The second kappa shape index (κ2) is 32.5. The van der Waals surface area contributed by atoms with E-state index in [1.807, 2.05) is 33.8 Å². The van der Waals surface area contributed by atoms with Gasteiger partial charge < -0.3 is 54.4 Å². The van der Waals surface area contributed by atoms with Crippen LogP contribution in [0.25, 0.3) is 31.6 Å². The number of aromatic nitrogens is 2. The summed E-state index contributed by atoms with van der Waals surface area (Å²) in [6, 6.07) is 19.0. The van der Waals surface area contributed by atoms with Crippen LogP contribution in [0.5, 0.6) is 28.7 Å². The maximum absolute atomic E-state index is 14.6. The van der Waals surface area contributed by atoms with Crippen LogP contribution in [-0.2, 0) is 9.47 Å². The van der Waals surface area contributed by atoms with Crippen LogP contribution < -0.4 is 20.4 Å². The molecule has 0 aliphatic rings. The van der Waals surface area contributed by atoms with Gasteiger partial charge in [0.1, 0.15) is 63.2 Å². The average Bonchev–Trinajstić information content (AvgIpc) is 2.53. The number of aromatic hydroxyl groups is 3. The highest BCUT2D eigenvalue weighted by Crippen LogP contribution is 2.42. The number of thiophene rings is 2. The number of esters is 2. The van der Waals surface area contributed by atoms with Crippen molar-refractivity contribution in [1.29, 1.82) is 0 Å². The van der Waals surface area contributed by atoms with Crippen molar-refractivity contribution >= 4 is 154 Å². The largest absolute Gasteiger partial charge is 0.508 e.